The molecule has 0 aromatic carbocycles. The van der Waals surface area contributed by atoms with Crippen molar-refractivity contribution in [2.75, 3.05) is 26.2 Å². The average molecular weight is 381 g/mol. The van der Waals surface area contributed by atoms with E-state index in [1.165, 1.54) is 13.8 Å². The lowest BCUT2D eigenvalue weighted by molar-refractivity contribution is -0.267. The lowest BCUT2D eigenvalue weighted by Gasteiger charge is -2.45. The minimum absolute atomic E-state index is 0.0606. The summed E-state index contributed by atoms with van der Waals surface area (Å²) in [5, 5.41) is 11.6. The maximum atomic E-state index is 13.0. The molecule has 0 radical (unpaired) electrons. The maximum absolute atomic E-state index is 13.0. The van der Waals surface area contributed by atoms with Crippen molar-refractivity contribution < 1.29 is 32.6 Å². The molecule has 2 rings (SSSR count). The number of likely N-dealkylation sites (N-methyl/N-ethyl adjacent to an activating group) is 1. The van der Waals surface area contributed by atoms with Gasteiger partial charge in [-0.1, -0.05) is 6.92 Å². The third kappa shape index (κ3) is 5.23. The van der Waals surface area contributed by atoms with Gasteiger partial charge in [0.2, 0.25) is 0 Å². The number of rotatable bonds is 5. The van der Waals surface area contributed by atoms with E-state index in [-0.39, 0.29) is 25.2 Å². The van der Waals surface area contributed by atoms with E-state index in [0.29, 0.717) is 19.4 Å². The fraction of sp³-hybridized carbons (Fsp3) is 0.875. The van der Waals surface area contributed by atoms with E-state index in [1.807, 2.05) is 11.8 Å². The number of carbonyl (C=O) groups is 2. The van der Waals surface area contributed by atoms with Crippen molar-refractivity contribution in [2.45, 2.75) is 63.6 Å². The number of ether oxygens (including phenoxy) is 1. The van der Waals surface area contributed by atoms with E-state index in [0.717, 1.165) is 4.90 Å². The quantitative estimate of drug-likeness (QED) is 0.757. The molecule has 0 spiro atoms. The minimum Gasteiger partial charge on any atom is -0.480 e. The van der Waals surface area contributed by atoms with Crippen LogP contribution >= 0.6 is 0 Å². The summed E-state index contributed by atoms with van der Waals surface area (Å²) < 4.78 is 44.1. The molecule has 0 aromatic rings. The van der Waals surface area contributed by atoms with Crippen molar-refractivity contribution in [3.63, 3.8) is 0 Å². The summed E-state index contributed by atoms with van der Waals surface area (Å²) in [4.78, 5) is 26.2. The molecule has 1 saturated heterocycles. The van der Waals surface area contributed by atoms with Gasteiger partial charge in [0.15, 0.2) is 6.10 Å². The van der Waals surface area contributed by atoms with E-state index in [4.69, 9.17) is 9.84 Å². The number of nitrogens with zero attached hydrogens (tertiary/aromatic N) is 2. The predicted octanol–water partition coefficient (Wildman–Crippen LogP) is 1.68. The monoisotopic (exact) mass is 381 g/mol. The number of nitrogens with one attached hydrogen (secondary N) is 1. The molecule has 150 valence electrons. The second-order valence-electron chi connectivity index (χ2n) is 7.52. The molecular formula is C16H26F3N3O4. The first-order valence-corrected chi connectivity index (χ1v) is 8.67. The standard InChI is InChI=1S/C16H26F3N3O4/c1-4-21(8-13(23)24)11-5-10(6-11)20-14(25)22-7-12(16(17,18)19)26-15(2,3)9-22/h10-12H,4-9H2,1-3H3,(H,20,25)(H,23,24). The fourth-order valence-electron chi connectivity index (χ4n) is 3.45. The summed E-state index contributed by atoms with van der Waals surface area (Å²) in [6.07, 6.45) is -5.36. The van der Waals surface area contributed by atoms with E-state index >= 15 is 0 Å². The number of hydrogen-bond donors (Lipinski definition) is 2. The van der Waals surface area contributed by atoms with Crippen LogP contribution in [-0.4, -0.2) is 83.1 Å². The Morgan fingerprint density at radius 1 is 1.35 bits per heavy atom. The Balaban J connectivity index is 1.87. The molecule has 2 amide bonds. The van der Waals surface area contributed by atoms with Crippen LogP contribution in [0.15, 0.2) is 0 Å². The lowest BCUT2D eigenvalue weighted by Crippen LogP contribution is -2.62. The maximum Gasteiger partial charge on any atom is 0.416 e. The Kier molecular flexibility index (Phi) is 6.06. The van der Waals surface area contributed by atoms with Crippen molar-refractivity contribution in [1.82, 2.24) is 15.1 Å². The largest absolute Gasteiger partial charge is 0.480 e. The van der Waals surface area contributed by atoms with Crippen molar-refractivity contribution >= 4 is 12.0 Å². The number of aliphatic carboxylic acids is 1. The Labute approximate surface area is 150 Å². The molecule has 26 heavy (non-hydrogen) atoms. The van der Waals surface area contributed by atoms with Crippen LogP contribution in [0.2, 0.25) is 0 Å². The highest BCUT2D eigenvalue weighted by Gasteiger charge is 2.49. The van der Waals surface area contributed by atoms with E-state index in [9.17, 15) is 22.8 Å². The number of alkyl halides is 3. The van der Waals surface area contributed by atoms with Gasteiger partial charge in [-0.3, -0.25) is 9.69 Å². The summed E-state index contributed by atoms with van der Waals surface area (Å²) in [5.41, 5.74) is -1.08. The minimum atomic E-state index is -4.53. The second-order valence-corrected chi connectivity index (χ2v) is 7.52. The zero-order valence-corrected chi connectivity index (χ0v) is 15.2. The zero-order chi connectivity index (χ0) is 19.7. The van der Waals surface area contributed by atoms with Gasteiger partial charge in [0.25, 0.3) is 0 Å². The fourth-order valence-corrected chi connectivity index (χ4v) is 3.45. The topological polar surface area (TPSA) is 82.1 Å². The first kappa shape index (κ1) is 20.8. The first-order chi connectivity index (χ1) is 11.9. The van der Waals surface area contributed by atoms with Crippen LogP contribution < -0.4 is 5.32 Å². The van der Waals surface area contributed by atoms with Crippen LogP contribution in [-0.2, 0) is 9.53 Å². The van der Waals surface area contributed by atoms with Crippen LogP contribution in [0.1, 0.15) is 33.6 Å². The summed E-state index contributed by atoms with van der Waals surface area (Å²) >= 11 is 0. The van der Waals surface area contributed by atoms with E-state index in [1.54, 1.807) is 0 Å². The molecule has 1 heterocycles. The van der Waals surface area contributed by atoms with Crippen molar-refractivity contribution in [3.05, 3.63) is 0 Å². The van der Waals surface area contributed by atoms with Gasteiger partial charge in [-0.25, -0.2) is 4.79 Å². The molecule has 0 bridgehead atoms. The van der Waals surface area contributed by atoms with Gasteiger partial charge in [0, 0.05) is 12.1 Å². The molecular weight excluding hydrogens is 355 g/mol. The van der Waals surface area contributed by atoms with Gasteiger partial charge in [0.1, 0.15) is 0 Å². The number of carboxylic acid groups (broad SMARTS) is 1. The first-order valence-electron chi connectivity index (χ1n) is 8.67. The summed E-state index contributed by atoms with van der Waals surface area (Å²) in [5.74, 6) is -0.909. The van der Waals surface area contributed by atoms with Gasteiger partial charge in [-0.2, -0.15) is 13.2 Å². The highest BCUT2D eigenvalue weighted by molar-refractivity contribution is 5.75. The van der Waals surface area contributed by atoms with Crippen LogP contribution in [0.3, 0.4) is 0 Å². The number of hydrogen-bond acceptors (Lipinski definition) is 4. The van der Waals surface area contributed by atoms with Gasteiger partial charge in [0.05, 0.1) is 25.2 Å². The Hall–Kier alpha value is -1.55. The van der Waals surface area contributed by atoms with Crippen molar-refractivity contribution in [3.8, 4) is 0 Å². The summed E-state index contributed by atoms with van der Waals surface area (Å²) in [7, 11) is 0. The molecule has 2 N–H and O–H groups in total. The van der Waals surface area contributed by atoms with Crippen LogP contribution in [0.4, 0.5) is 18.0 Å². The van der Waals surface area contributed by atoms with Crippen molar-refractivity contribution in [1.29, 1.82) is 0 Å². The van der Waals surface area contributed by atoms with Crippen LogP contribution in [0.5, 0.6) is 0 Å². The molecule has 2 aliphatic rings. The molecule has 0 aromatic heterocycles. The van der Waals surface area contributed by atoms with Gasteiger partial charge in [-0.15, -0.1) is 0 Å². The highest BCUT2D eigenvalue weighted by atomic mass is 19.4. The third-order valence-corrected chi connectivity index (χ3v) is 4.77. The number of amides is 2. The molecule has 2 fully saturated rings. The van der Waals surface area contributed by atoms with Crippen molar-refractivity contribution in [2.24, 2.45) is 0 Å². The number of carboxylic acids is 1. The predicted molar refractivity (Wildman–Crippen MR) is 86.8 cm³/mol. The number of carbonyl (C=O) groups excluding carboxylic acids is 1. The molecule has 1 atom stereocenters. The van der Waals surface area contributed by atoms with E-state index in [2.05, 4.69) is 5.32 Å². The Morgan fingerprint density at radius 2 is 1.96 bits per heavy atom. The number of urea groups is 1. The molecule has 7 nitrogen and oxygen atoms in total. The molecule has 1 saturated carbocycles. The number of halogens is 3. The smallest absolute Gasteiger partial charge is 0.416 e. The van der Waals surface area contributed by atoms with Crippen LogP contribution in [0.25, 0.3) is 0 Å². The average Bonchev–Trinajstić information content (AvgIpc) is 2.45. The Morgan fingerprint density at radius 3 is 2.46 bits per heavy atom. The zero-order valence-electron chi connectivity index (χ0n) is 15.2. The Bertz CT molecular complexity index is 535. The summed E-state index contributed by atoms with van der Waals surface area (Å²) in [6, 6.07) is -0.642. The van der Waals surface area contributed by atoms with Crippen LogP contribution in [0, 0.1) is 0 Å². The second kappa shape index (κ2) is 7.59. The number of morpholine rings is 1. The molecule has 1 aliphatic heterocycles. The van der Waals surface area contributed by atoms with Gasteiger partial charge in [-0.05, 0) is 33.2 Å². The molecule has 1 aliphatic carbocycles. The molecule has 10 heteroatoms. The third-order valence-electron chi connectivity index (χ3n) is 4.77. The normalized spacial score (nSPS) is 28.6. The SMILES string of the molecule is CCN(CC(=O)O)C1CC(NC(=O)N2CC(C(F)(F)F)OC(C)(C)C2)C1. The highest BCUT2D eigenvalue weighted by Crippen LogP contribution is 2.32. The van der Waals surface area contributed by atoms with E-state index < -0.39 is 36.4 Å². The summed E-state index contributed by atoms with van der Waals surface area (Å²) in [6.45, 7) is 4.97. The lowest BCUT2D eigenvalue weighted by atomic mass is 9.85. The molecule has 1 unspecified atom stereocenters. The van der Waals surface area contributed by atoms with Gasteiger partial charge < -0.3 is 20.1 Å². The van der Waals surface area contributed by atoms with Gasteiger partial charge >= 0.3 is 18.2 Å².